The Morgan fingerprint density at radius 3 is 2.90 bits per heavy atom. The molecule has 0 aromatic carbocycles. The normalized spacial score (nSPS) is 33.0. The van der Waals surface area contributed by atoms with Gasteiger partial charge in [-0.2, -0.15) is 0 Å². The molecular weight excluding hydrogens is 247 g/mol. The summed E-state index contributed by atoms with van der Waals surface area (Å²) in [5.74, 6) is 0. The number of hydrogen-bond donors (Lipinski definition) is 1. The molecule has 0 bridgehead atoms. The van der Waals surface area contributed by atoms with Crippen LogP contribution in [-0.4, -0.2) is 35.1 Å². The Hall–Kier alpha value is 0.610. The maximum atomic E-state index is 8.65. The van der Waals surface area contributed by atoms with E-state index in [0.717, 1.165) is 10.8 Å². The molecular formula is C6H11IO3. The van der Waals surface area contributed by atoms with Gasteiger partial charge in [0, 0.05) is 10.8 Å². The third-order valence-corrected chi connectivity index (χ3v) is 1.98. The molecule has 0 radical (unpaired) electrons. The van der Waals surface area contributed by atoms with E-state index < -0.39 is 0 Å². The molecule has 3 nitrogen and oxygen atoms in total. The van der Waals surface area contributed by atoms with E-state index in [-0.39, 0.29) is 19.0 Å². The van der Waals surface area contributed by atoms with Crippen LogP contribution in [0.1, 0.15) is 6.42 Å². The van der Waals surface area contributed by atoms with Crippen molar-refractivity contribution in [3.05, 3.63) is 0 Å². The molecule has 0 aromatic rings. The van der Waals surface area contributed by atoms with Gasteiger partial charge in [-0.05, 0) is 0 Å². The first-order valence-electron chi connectivity index (χ1n) is 3.30. The van der Waals surface area contributed by atoms with E-state index in [1.807, 2.05) is 0 Å². The number of aliphatic hydroxyl groups excluding tert-OH is 1. The van der Waals surface area contributed by atoms with Gasteiger partial charge in [-0.3, -0.25) is 0 Å². The predicted molar refractivity (Wildman–Crippen MR) is 45.2 cm³/mol. The van der Waals surface area contributed by atoms with Gasteiger partial charge in [0.15, 0.2) is 6.29 Å². The average Bonchev–Trinajstić information content (AvgIpc) is 2.37. The number of halogens is 1. The van der Waals surface area contributed by atoms with Crippen molar-refractivity contribution in [3.8, 4) is 0 Å². The molecule has 0 spiro atoms. The molecule has 1 aliphatic heterocycles. The minimum atomic E-state index is -0.0899. The fourth-order valence-corrected chi connectivity index (χ4v) is 1.35. The zero-order valence-corrected chi connectivity index (χ0v) is 7.78. The highest BCUT2D eigenvalue weighted by molar-refractivity contribution is 14.1. The summed E-state index contributed by atoms with van der Waals surface area (Å²) in [6.07, 6.45) is 0.749. The van der Waals surface area contributed by atoms with Gasteiger partial charge in [-0.25, -0.2) is 0 Å². The summed E-state index contributed by atoms with van der Waals surface area (Å²) in [4.78, 5) is 0. The molecule has 2 atom stereocenters. The molecule has 60 valence electrons. The van der Waals surface area contributed by atoms with Gasteiger partial charge in [0.1, 0.15) is 6.10 Å². The smallest absolute Gasteiger partial charge is 0.159 e. The maximum Gasteiger partial charge on any atom is 0.159 e. The first-order chi connectivity index (χ1) is 4.86. The third kappa shape index (κ3) is 2.34. The van der Waals surface area contributed by atoms with Crippen LogP contribution in [0, 0.1) is 0 Å². The van der Waals surface area contributed by atoms with Crippen LogP contribution in [0.15, 0.2) is 0 Å². The Labute approximate surface area is 73.8 Å². The lowest BCUT2D eigenvalue weighted by Gasteiger charge is -2.06. The largest absolute Gasteiger partial charge is 0.394 e. The Bertz CT molecular complexity index is 99.0. The second-order valence-electron chi connectivity index (χ2n) is 2.18. The van der Waals surface area contributed by atoms with Crippen LogP contribution in [0.25, 0.3) is 0 Å². The molecule has 0 saturated carbocycles. The first kappa shape index (κ1) is 8.70. The summed E-state index contributed by atoms with van der Waals surface area (Å²) in [5.41, 5.74) is 0. The molecule has 1 rings (SSSR count). The van der Waals surface area contributed by atoms with Crippen LogP contribution < -0.4 is 0 Å². The molecule has 1 fully saturated rings. The zero-order chi connectivity index (χ0) is 7.40. The third-order valence-electron chi connectivity index (χ3n) is 1.36. The van der Waals surface area contributed by atoms with Crippen LogP contribution >= 0.6 is 22.6 Å². The Morgan fingerprint density at radius 2 is 2.40 bits per heavy atom. The molecule has 0 aromatic heterocycles. The Balaban J connectivity index is 2.15. The fourth-order valence-electron chi connectivity index (χ4n) is 0.844. The summed E-state index contributed by atoms with van der Waals surface area (Å²) >= 11 is 2.27. The van der Waals surface area contributed by atoms with Crippen LogP contribution in [0.3, 0.4) is 0 Å². The predicted octanol–water partition coefficient (Wildman–Crippen LogP) is 0.545. The quantitative estimate of drug-likeness (QED) is 0.593. The van der Waals surface area contributed by atoms with Crippen molar-refractivity contribution in [2.45, 2.75) is 18.8 Å². The fraction of sp³-hybridized carbons (Fsp3) is 1.00. The SMILES string of the molecule is OC[C@@H]1CO[C@@H](CCI)O1. The van der Waals surface area contributed by atoms with Crippen LogP contribution in [-0.2, 0) is 9.47 Å². The summed E-state index contributed by atoms with van der Waals surface area (Å²) in [7, 11) is 0. The molecule has 1 saturated heterocycles. The molecule has 10 heavy (non-hydrogen) atoms. The highest BCUT2D eigenvalue weighted by Gasteiger charge is 2.24. The summed E-state index contributed by atoms with van der Waals surface area (Å²) in [6.45, 7) is 0.607. The zero-order valence-electron chi connectivity index (χ0n) is 5.62. The summed E-state index contributed by atoms with van der Waals surface area (Å²) < 4.78 is 11.5. The van der Waals surface area contributed by atoms with Gasteiger partial charge in [-0.15, -0.1) is 0 Å². The Kier molecular flexibility index (Phi) is 3.90. The number of alkyl halides is 1. The maximum absolute atomic E-state index is 8.65. The number of ether oxygens (including phenoxy) is 2. The van der Waals surface area contributed by atoms with Crippen molar-refractivity contribution >= 4 is 22.6 Å². The van der Waals surface area contributed by atoms with Crippen molar-refractivity contribution in [3.63, 3.8) is 0 Å². The number of aliphatic hydroxyl groups is 1. The van der Waals surface area contributed by atoms with Crippen LogP contribution in [0.4, 0.5) is 0 Å². The van der Waals surface area contributed by atoms with E-state index >= 15 is 0 Å². The molecule has 1 N–H and O–H groups in total. The second kappa shape index (κ2) is 4.48. The molecule has 0 aliphatic carbocycles. The van der Waals surface area contributed by atoms with Gasteiger partial charge >= 0.3 is 0 Å². The minimum absolute atomic E-state index is 0.0672. The van der Waals surface area contributed by atoms with Gasteiger partial charge in [0.05, 0.1) is 13.2 Å². The molecule has 4 heteroatoms. The standard InChI is InChI=1S/C6H11IO3/c7-2-1-6-9-4-5(3-8)10-6/h5-6,8H,1-4H2/t5-,6-/m1/s1. The van der Waals surface area contributed by atoms with Crippen LogP contribution in [0.2, 0.25) is 0 Å². The van der Waals surface area contributed by atoms with Crippen molar-refractivity contribution in [2.75, 3.05) is 17.6 Å². The van der Waals surface area contributed by atoms with E-state index in [0.29, 0.717) is 6.61 Å². The monoisotopic (exact) mass is 258 g/mol. The highest BCUT2D eigenvalue weighted by Crippen LogP contribution is 2.14. The summed E-state index contributed by atoms with van der Waals surface area (Å²) in [6, 6.07) is 0. The Morgan fingerprint density at radius 1 is 1.60 bits per heavy atom. The van der Waals surface area contributed by atoms with Crippen molar-refractivity contribution < 1.29 is 14.6 Å². The second-order valence-corrected chi connectivity index (χ2v) is 3.26. The topological polar surface area (TPSA) is 38.7 Å². The van der Waals surface area contributed by atoms with E-state index in [4.69, 9.17) is 14.6 Å². The molecule has 1 heterocycles. The summed E-state index contributed by atoms with van der Waals surface area (Å²) in [5, 5.41) is 8.65. The number of hydrogen-bond acceptors (Lipinski definition) is 3. The molecule has 0 amide bonds. The average molecular weight is 258 g/mol. The van der Waals surface area contributed by atoms with Crippen molar-refractivity contribution in [1.29, 1.82) is 0 Å². The first-order valence-corrected chi connectivity index (χ1v) is 4.83. The van der Waals surface area contributed by atoms with Gasteiger partial charge in [0.2, 0.25) is 0 Å². The van der Waals surface area contributed by atoms with E-state index in [2.05, 4.69) is 22.6 Å². The lowest BCUT2D eigenvalue weighted by molar-refractivity contribution is -0.0647. The molecule has 0 unspecified atom stereocenters. The van der Waals surface area contributed by atoms with Gasteiger partial charge in [0.25, 0.3) is 0 Å². The van der Waals surface area contributed by atoms with Gasteiger partial charge in [-0.1, -0.05) is 22.6 Å². The van der Waals surface area contributed by atoms with Crippen molar-refractivity contribution in [2.24, 2.45) is 0 Å². The highest BCUT2D eigenvalue weighted by atomic mass is 127. The number of rotatable bonds is 3. The lowest BCUT2D eigenvalue weighted by atomic mass is 10.4. The van der Waals surface area contributed by atoms with Gasteiger partial charge < -0.3 is 14.6 Å². The van der Waals surface area contributed by atoms with Crippen molar-refractivity contribution in [1.82, 2.24) is 0 Å². The van der Waals surface area contributed by atoms with Crippen LogP contribution in [0.5, 0.6) is 0 Å². The van der Waals surface area contributed by atoms with E-state index in [1.165, 1.54) is 0 Å². The lowest BCUT2D eigenvalue weighted by Crippen LogP contribution is -2.16. The van der Waals surface area contributed by atoms with E-state index in [9.17, 15) is 0 Å². The molecule has 1 aliphatic rings. The minimum Gasteiger partial charge on any atom is -0.394 e. The van der Waals surface area contributed by atoms with E-state index in [1.54, 1.807) is 0 Å².